The van der Waals surface area contributed by atoms with Crippen LogP contribution in [-0.2, 0) is 37.6 Å². The van der Waals surface area contributed by atoms with Crippen LogP contribution in [0.1, 0.15) is 43.7 Å². The van der Waals surface area contributed by atoms with Crippen LogP contribution < -0.4 is 11.1 Å². The SMILES string of the molecule is CCOC(=O)CNc1ccc2c(c1)c(S(=O)(=O)CCCCC(=O)CCc1ccc(C(=N)N)cc1)cn2C. The van der Waals surface area contributed by atoms with E-state index in [0.29, 0.717) is 55.3 Å². The standard InChI is InChI=1S/C27H34N4O5S/c1-3-36-26(33)17-30-21-12-14-24-23(16-21)25(18-31(24)2)37(34,35)15-5-4-6-22(32)13-9-19-7-10-20(11-8-19)27(28)29/h7-8,10-12,14,16,18,30H,3-6,9,13,15,17H2,1-2H3,(H3,28,29). The molecule has 1 heterocycles. The minimum absolute atomic E-state index is 0.00665. The maximum Gasteiger partial charge on any atom is 0.325 e. The highest BCUT2D eigenvalue weighted by Crippen LogP contribution is 2.29. The summed E-state index contributed by atoms with van der Waals surface area (Å²) in [5.41, 5.74) is 8.49. The summed E-state index contributed by atoms with van der Waals surface area (Å²) in [5.74, 6) is -0.335. The fourth-order valence-corrected chi connectivity index (χ4v) is 5.71. The highest BCUT2D eigenvalue weighted by Gasteiger charge is 2.21. The molecule has 2 aromatic carbocycles. The van der Waals surface area contributed by atoms with Crippen molar-refractivity contribution in [3.8, 4) is 0 Å². The third kappa shape index (κ3) is 7.66. The zero-order valence-corrected chi connectivity index (χ0v) is 22.1. The zero-order chi connectivity index (χ0) is 27.0. The number of benzene rings is 2. The first kappa shape index (κ1) is 27.9. The number of fused-ring (bicyclic) bond motifs is 1. The van der Waals surface area contributed by atoms with Crippen molar-refractivity contribution >= 4 is 44.0 Å². The fourth-order valence-electron chi connectivity index (χ4n) is 4.08. The predicted octanol–water partition coefficient (Wildman–Crippen LogP) is 3.58. The summed E-state index contributed by atoms with van der Waals surface area (Å²) in [6.07, 6.45) is 3.81. The fraction of sp³-hybridized carbons (Fsp3) is 0.370. The maximum absolute atomic E-state index is 13.1. The molecule has 0 amide bonds. The second-order valence-corrected chi connectivity index (χ2v) is 11.0. The first-order valence-corrected chi connectivity index (χ1v) is 13.9. The van der Waals surface area contributed by atoms with Gasteiger partial charge in [0.1, 0.15) is 18.2 Å². The molecule has 0 spiro atoms. The number of carbonyl (C=O) groups is 2. The number of ether oxygens (including phenoxy) is 1. The molecule has 10 heteroatoms. The van der Waals surface area contributed by atoms with E-state index in [0.717, 1.165) is 11.1 Å². The zero-order valence-electron chi connectivity index (χ0n) is 21.2. The summed E-state index contributed by atoms with van der Waals surface area (Å²) < 4.78 is 33.0. The van der Waals surface area contributed by atoms with E-state index in [-0.39, 0.29) is 34.8 Å². The number of sulfone groups is 1. The van der Waals surface area contributed by atoms with Crippen LogP contribution in [0.25, 0.3) is 10.9 Å². The molecule has 37 heavy (non-hydrogen) atoms. The number of nitrogens with zero attached hydrogens (tertiary/aromatic N) is 1. The van der Waals surface area contributed by atoms with Gasteiger partial charge in [-0.05, 0) is 49.9 Å². The number of hydrogen-bond acceptors (Lipinski definition) is 7. The Morgan fingerprint density at radius 3 is 2.49 bits per heavy atom. The lowest BCUT2D eigenvalue weighted by Gasteiger charge is -2.08. The van der Waals surface area contributed by atoms with E-state index >= 15 is 0 Å². The number of aromatic nitrogens is 1. The lowest BCUT2D eigenvalue weighted by molar-refractivity contribution is -0.140. The van der Waals surface area contributed by atoms with Gasteiger partial charge in [0.2, 0.25) is 0 Å². The van der Waals surface area contributed by atoms with Gasteiger partial charge in [-0.3, -0.25) is 15.0 Å². The minimum atomic E-state index is -3.57. The van der Waals surface area contributed by atoms with Gasteiger partial charge in [-0.2, -0.15) is 0 Å². The molecule has 0 radical (unpaired) electrons. The van der Waals surface area contributed by atoms with Crippen molar-refractivity contribution in [3.05, 3.63) is 59.8 Å². The number of rotatable bonds is 14. The summed E-state index contributed by atoms with van der Waals surface area (Å²) in [5, 5.41) is 11.0. The molecule has 3 aromatic rings. The Morgan fingerprint density at radius 2 is 1.81 bits per heavy atom. The molecule has 0 fully saturated rings. The topological polar surface area (TPSA) is 144 Å². The maximum atomic E-state index is 13.1. The molecule has 0 aliphatic heterocycles. The van der Waals surface area contributed by atoms with Gasteiger partial charge in [0, 0.05) is 48.2 Å². The van der Waals surface area contributed by atoms with E-state index in [1.807, 2.05) is 18.2 Å². The van der Waals surface area contributed by atoms with E-state index < -0.39 is 9.84 Å². The number of amidine groups is 1. The Balaban J connectivity index is 1.53. The van der Waals surface area contributed by atoms with E-state index in [1.165, 1.54) is 0 Å². The molecule has 3 rings (SSSR count). The summed E-state index contributed by atoms with van der Waals surface area (Å²) in [7, 11) is -1.78. The summed E-state index contributed by atoms with van der Waals surface area (Å²) >= 11 is 0. The number of esters is 1. The van der Waals surface area contributed by atoms with Crippen LogP contribution in [0, 0.1) is 5.41 Å². The van der Waals surface area contributed by atoms with Crippen LogP contribution in [-0.4, -0.2) is 49.5 Å². The molecule has 9 nitrogen and oxygen atoms in total. The second-order valence-electron chi connectivity index (χ2n) is 8.92. The van der Waals surface area contributed by atoms with Crippen molar-refractivity contribution in [3.63, 3.8) is 0 Å². The average Bonchev–Trinajstić information content (AvgIpc) is 3.21. The summed E-state index contributed by atoms with van der Waals surface area (Å²) in [4.78, 5) is 24.2. The van der Waals surface area contributed by atoms with Crippen LogP contribution in [0.3, 0.4) is 0 Å². The third-order valence-corrected chi connectivity index (χ3v) is 7.93. The second kappa shape index (κ2) is 12.5. The van der Waals surface area contributed by atoms with Gasteiger partial charge in [-0.25, -0.2) is 8.42 Å². The van der Waals surface area contributed by atoms with Crippen molar-refractivity contribution < 1.29 is 22.7 Å². The molecule has 1 aromatic heterocycles. The molecule has 0 aliphatic rings. The van der Waals surface area contributed by atoms with Gasteiger partial charge in [0.05, 0.1) is 17.3 Å². The number of carbonyl (C=O) groups excluding carboxylic acids is 2. The highest BCUT2D eigenvalue weighted by atomic mass is 32.2. The first-order valence-electron chi connectivity index (χ1n) is 12.3. The summed E-state index contributed by atoms with van der Waals surface area (Å²) in [6.45, 7) is 2.02. The number of nitrogens with one attached hydrogen (secondary N) is 2. The van der Waals surface area contributed by atoms with Crippen LogP contribution in [0.2, 0.25) is 0 Å². The van der Waals surface area contributed by atoms with E-state index in [4.69, 9.17) is 15.9 Å². The van der Waals surface area contributed by atoms with Crippen molar-refractivity contribution in [2.75, 3.05) is 24.2 Å². The van der Waals surface area contributed by atoms with Crippen LogP contribution in [0.5, 0.6) is 0 Å². The molecule has 0 unspecified atom stereocenters. The average molecular weight is 527 g/mol. The Hall–Kier alpha value is -3.66. The van der Waals surface area contributed by atoms with Gasteiger partial charge in [-0.15, -0.1) is 0 Å². The van der Waals surface area contributed by atoms with Gasteiger partial charge < -0.3 is 20.4 Å². The first-order chi connectivity index (χ1) is 17.6. The molecule has 0 bridgehead atoms. The van der Waals surface area contributed by atoms with E-state index in [9.17, 15) is 18.0 Å². The quantitative estimate of drug-likeness (QED) is 0.126. The number of ketones is 1. The summed E-state index contributed by atoms with van der Waals surface area (Å²) in [6, 6.07) is 12.6. The molecule has 4 N–H and O–H groups in total. The molecule has 0 saturated heterocycles. The third-order valence-electron chi connectivity index (χ3n) is 6.11. The molecule has 0 aliphatic carbocycles. The molecular weight excluding hydrogens is 492 g/mol. The van der Waals surface area contributed by atoms with Gasteiger partial charge in [0.15, 0.2) is 9.84 Å². The molecule has 0 atom stereocenters. The molecule has 198 valence electrons. The lowest BCUT2D eigenvalue weighted by Crippen LogP contribution is -2.16. The van der Waals surface area contributed by atoms with Crippen LogP contribution >= 0.6 is 0 Å². The van der Waals surface area contributed by atoms with E-state index in [1.54, 1.807) is 49.0 Å². The number of nitrogens with two attached hydrogens (primary N) is 1. The predicted molar refractivity (Wildman–Crippen MR) is 145 cm³/mol. The van der Waals surface area contributed by atoms with Crippen molar-refractivity contribution in [1.29, 1.82) is 5.41 Å². The number of aryl methyl sites for hydroxylation is 2. The van der Waals surface area contributed by atoms with Crippen LogP contribution in [0.4, 0.5) is 5.69 Å². The molecular formula is C27H34N4O5S. The molecule has 0 saturated carbocycles. The Labute approximate surface area is 217 Å². The number of anilines is 1. The largest absolute Gasteiger partial charge is 0.465 e. The number of nitrogen functional groups attached to an aromatic ring is 1. The van der Waals surface area contributed by atoms with Gasteiger partial charge in [-0.1, -0.05) is 24.3 Å². The number of unbranched alkanes of at least 4 members (excludes halogenated alkanes) is 1. The Morgan fingerprint density at radius 1 is 1.08 bits per heavy atom. The lowest BCUT2D eigenvalue weighted by atomic mass is 10.0. The van der Waals surface area contributed by atoms with Crippen LogP contribution in [0.15, 0.2) is 53.6 Å². The highest BCUT2D eigenvalue weighted by molar-refractivity contribution is 7.91. The smallest absolute Gasteiger partial charge is 0.325 e. The normalized spacial score (nSPS) is 11.4. The van der Waals surface area contributed by atoms with Crippen molar-refractivity contribution in [2.24, 2.45) is 12.8 Å². The number of Topliss-reactive ketones (excluding diaryl/α,β-unsaturated/α-hetero) is 1. The van der Waals surface area contributed by atoms with Crippen molar-refractivity contribution in [2.45, 2.75) is 43.9 Å². The number of hydrogen-bond donors (Lipinski definition) is 3. The minimum Gasteiger partial charge on any atom is -0.465 e. The monoisotopic (exact) mass is 526 g/mol. The van der Waals surface area contributed by atoms with E-state index in [2.05, 4.69) is 5.32 Å². The van der Waals surface area contributed by atoms with Gasteiger partial charge >= 0.3 is 5.97 Å². The van der Waals surface area contributed by atoms with Gasteiger partial charge in [0.25, 0.3) is 0 Å². The van der Waals surface area contributed by atoms with Crippen molar-refractivity contribution in [1.82, 2.24) is 4.57 Å². The Kier molecular flexibility index (Phi) is 9.46. The Bertz CT molecular complexity index is 1380.